The molecule has 0 N–H and O–H groups in total. The van der Waals surface area contributed by atoms with E-state index in [1.54, 1.807) is 5.06 Å². The predicted octanol–water partition coefficient (Wildman–Crippen LogP) is 3.29. The van der Waals surface area contributed by atoms with Gasteiger partial charge in [-0.2, -0.15) is 0 Å². The first-order chi connectivity index (χ1) is 12.1. The van der Waals surface area contributed by atoms with Crippen molar-refractivity contribution < 1.29 is 9.63 Å². The number of benzene rings is 1. The molecule has 25 heavy (non-hydrogen) atoms. The van der Waals surface area contributed by atoms with Crippen LogP contribution in [0.4, 0.5) is 0 Å². The Labute approximate surface area is 149 Å². The van der Waals surface area contributed by atoms with E-state index in [0.29, 0.717) is 25.2 Å². The van der Waals surface area contributed by atoms with Gasteiger partial charge in [-0.1, -0.05) is 18.2 Å². The second-order valence-corrected chi connectivity index (χ2v) is 7.35. The molecule has 1 saturated heterocycles. The standard InChI is InChI=1S/C20H27N3O2/c1-15-8-9-16(2)21(15)10-5-13-25-23-12-11-22-18-7-4-3-6-17(18)14-19(22)20(23)24/h3-4,6-7,14-16H,5,8-13H2,1-2H3/t15-,16-/m0/s1. The third-order valence-electron chi connectivity index (χ3n) is 5.73. The van der Waals surface area contributed by atoms with Crippen LogP contribution in [0.1, 0.15) is 43.6 Å². The fourth-order valence-corrected chi connectivity index (χ4v) is 4.28. The summed E-state index contributed by atoms with van der Waals surface area (Å²) in [5.41, 5.74) is 1.86. The van der Waals surface area contributed by atoms with Crippen LogP contribution in [-0.2, 0) is 11.4 Å². The van der Waals surface area contributed by atoms with Crippen LogP contribution in [0.5, 0.6) is 0 Å². The first-order valence-corrected chi connectivity index (χ1v) is 9.44. The van der Waals surface area contributed by atoms with Crippen LogP contribution in [-0.4, -0.2) is 52.2 Å². The van der Waals surface area contributed by atoms with Gasteiger partial charge >= 0.3 is 0 Å². The highest BCUT2D eigenvalue weighted by Gasteiger charge is 2.28. The average molecular weight is 341 g/mol. The lowest BCUT2D eigenvalue weighted by molar-refractivity contribution is -0.131. The van der Waals surface area contributed by atoms with Crippen molar-refractivity contribution in [2.45, 2.75) is 51.7 Å². The number of fused-ring (bicyclic) bond motifs is 3. The van der Waals surface area contributed by atoms with Gasteiger partial charge in [-0.05, 0) is 45.2 Å². The van der Waals surface area contributed by atoms with E-state index >= 15 is 0 Å². The fraction of sp³-hybridized carbons (Fsp3) is 0.550. The number of hydrogen-bond donors (Lipinski definition) is 0. The zero-order chi connectivity index (χ0) is 17.4. The molecule has 0 radical (unpaired) electrons. The lowest BCUT2D eigenvalue weighted by atomic mass is 10.2. The van der Waals surface area contributed by atoms with Crippen molar-refractivity contribution in [3.63, 3.8) is 0 Å². The van der Waals surface area contributed by atoms with Gasteiger partial charge in [-0.25, -0.2) is 5.06 Å². The van der Waals surface area contributed by atoms with Crippen LogP contribution >= 0.6 is 0 Å². The lowest BCUT2D eigenvalue weighted by Gasteiger charge is -2.29. The molecule has 5 heteroatoms. The van der Waals surface area contributed by atoms with Gasteiger partial charge in [-0.15, -0.1) is 0 Å². The number of rotatable bonds is 5. The number of hydroxylamine groups is 2. The Morgan fingerprint density at radius 1 is 1.12 bits per heavy atom. The van der Waals surface area contributed by atoms with Gasteiger partial charge in [-0.3, -0.25) is 14.5 Å². The van der Waals surface area contributed by atoms with Crippen molar-refractivity contribution in [3.05, 3.63) is 36.0 Å². The van der Waals surface area contributed by atoms with Crippen molar-refractivity contribution in [3.8, 4) is 0 Å². The topological polar surface area (TPSA) is 37.7 Å². The number of para-hydroxylation sites is 1. The summed E-state index contributed by atoms with van der Waals surface area (Å²) >= 11 is 0. The van der Waals surface area contributed by atoms with Crippen molar-refractivity contribution >= 4 is 16.8 Å². The summed E-state index contributed by atoms with van der Waals surface area (Å²) < 4.78 is 2.10. The monoisotopic (exact) mass is 341 g/mol. The maximum absolute atomic E-state index is 12.7. The first-order valence-electron chi connectivity index (χ1n) is 9.44. The van der Waals surface area contributed by atoms with E-state index in [2.05, 4.69) is 35.4 Å². The fourth-order valence-electron chi connectivity index (χ4n) is 4.28. The average Bonchev–Trinajstić information content (AvgIpc) is 3.15. The third kappa shape index (κ3) is 3.07. The van der Waals surface area contributed by atoms with Crippen molar-refractivity contribution in [2.24, 2.45) is 0 Å². The molecule has 0 saturated carbocycles. The minimum absolute atomic E-state index is 0.0228. The molecule has 134 valence electrons. The molecule has 2 atom stereocenters. The van der Waals surface area contributed by atoms with Crippen LogP contribution in [0.25, 0.3) is 10.9 Å². The normalized spacial score (nSPS) is 24.2. The summed E-state index contributed by atoms with van der Waals surface area (Å²) in [6, 6.07) is 11.5. The number of aromatic nitrogens is 1. The Bertz CT molecular complexity index is 759. The second-order valence-electron chi connectivity index (χ2n) is 7.35. The van der Waals surface area contributed by atoms with Gasteiger partial charge in [0.1, 0.15) is 5.69 Å². The zero-order valence-electron chi connectivity index (χ0n) is 15.1. The van der Waals surface area contributed by atoms with Gasteiger partial charge in [0.05, 0.1) is 13.2 Å². The molecule has 1 fully saturated rings. The Morgan fingerprint density at radius 2 is 1.88 bits per heavy atom. The predicted molar refractivity (Wildman–Crippen MR) is 98.4 cm³/mol. The molecule has 0 unspecified atom stereocenters. The van der Waals surface area contributed by atoms with E-state index in [0.717, 1.165) is 36.1 Å². The third-order valence-corrected chi connectivity index (χ3v) is 5.73. The van der Waals surface area contributed by atoms with Crippen molar-refractivity contribution in [2.75, 3.05) is 19.7 Å². The molecular weight excluding hydrogens is 314 g/mol. The van der Waals surface area contributed by atoms with E-state index in [9.17, 15) is 4.79 Å². The van der Waals surface area contributed by atoms with Crippen molar-refractivity contribution in [1.82, 2.24) is 14.5 Å². The van der Waals surface area contributed by atoms with E-state index in [1.165, 1.54) is 12.8 Å². The molecule has 0 spiro atoms. The molecule has 4 rings (SSSR count). The molecule has 5 nitrogen and oxygen atoms in total. The van der Waals surface area contributed by atoms with E-state index in [1.807, 2.05) is 18.2 Å². The largest absolute Gasteiger partial charge is 0.335 e. The first kappa shape index (κ1) is 16.6. The second kappa shape index (κ2) is 6.81. The maximum atomic E-state index is 12.7. The Morgan fingerprint density at radius 3 is 2.68 bits per heavy atom. The highest BCUT2D eigenvalue weighted by atomic mass is 16.7. The van der Waals surface area contributed by atoms with Gasteiger partial charge < -0.3 is 4.57 Å². The summed E-state index contributed by atoms with van der Waals surface area (Å²) in [5.74, 6) is -0.0228. The maximum Gasteiger partial charge on any atom is 0.294 e. The molecule has 0 aliphatic carbocycles. The van der Waals surface area contributed by atoms with Crippen molar-refractivity contribution in [1.29, 1.82) is 0 Å². The SMILES string of the molecule is C[C@H]1CC[C@H](C)N1CCCON1CCn2c(cc3ccccc32)C1=O. The van der Waals surface area contributed by atoms with E-state index < -0.39 is 0 Å². The van der Waals surface area contributed by atoms with Gasteiger partial charge in [0.15, 0.2) is 0 Å². The minimum Gasteiger partial charge on any atom is -0.335 e. The molecule has 2 aromatic rings. The smallest absolute Gasteiger partial charge is 0.294 e. The van der Waals surface area contributed by atoms with Crippen LogP contribution in [0.2, 0.25) is 0 Å². The molecular formula is C20H27N3O2. The quantitative estimate of drug-likeness (QED) is 0.783. The Hall–Kier alpha value is -1.85. The summed E-state index contributed by atoms with van der Waals surface area (Å²) in [6.45, 7) is 7.65. The van der Waals surface area contributed by atoms with Crippen LogP contribution in [0.3, 0.4) is 0 Å². The highest BCUT2D eigenvalue weighted by Crippen LogP contribution is 2.25. The molecule has 3 heterocycles. The summed E-state index contributed by atoms with van der Waals surface area (Å²) in [5, 5.41) is 2.66. The van der Waals surface area contributed by atoms with E-state index in [4.69, 9.17) is 4.84 Å². The molecule has 0 bridgehead atoms. The summed E-state index contributed by atoms with van der Waals surface area (Å²) in [7, 11) is 0. The number of nitrogens with zero attached hydrogens (tertiary/aromatic N) is 3. The van der Waals surface area contributed by atoms with Crippen LogP contribution < -0.4 is 0 Å². The molecule has 2 aliphatic heterocycles. The highest BCUT2D eigenvalue weighted by molar-refractivity contribution is 5.98. The number of amides is 1. The minimum atomic E-state index is -0.0228. The molecule has 1 aromatic heterocycles. The molecule has 1 aromatic carbocycles. The van der Waals surface area contributed by atoms with E-state index in [-0.39, 0.29) is 5.91 Å². The van der Waals surface area contributed by atoms with Gasteiger partial charge in [0, 0.05) is 36.1 Å². The van der Waals surface area contributed by atoms with Gasteiger partial charge in [0.25, 0.3) is 5.91 Å². The van der Waals surface area contributed by atoms with Crippen LogP contribution in [0.15, 0.2) is 30.3 Å². The number of carbonyl (C=O) groups is 1. The molecule has 1 amide bonds. The summed E-state index contributed by atoms with van der Waals surface area (Å²) in [4.78, 5) is 21.1. The van der Waals surface area contributed by atoms with Crippen LogP contribution in [0, 0.1) is 0 Å². The number of hydrogen-bond acceptors (Lipinski definition) is 3. The molecule has 2 aliphatic rings. The Kier molecular flexibility index (Phi) is 4.52. The zero-order valence-corrected chi connectivity index (χ0v) is 15.1. The number of likely N-dealkylation sites (tertiary alicyclic amines) is 1. The van der Waals surface area contributed by atoms with Gasteiger partial charge in [0.2, 0.25) is 0 Å². The Balaban J connectivity index is 1.34. The number of carbonyl (C=O) groups excluding carboxylic acids is 1. The summed E-state index contributed by atoms with van der Waals surface area (Å²) in [6.07, 6.45) is 3.54. The lowest BCUT2D eigenvalue weighted by Crippen LogP contribution is -2.40.